The van der Waals surface area contributed by atoms with Crippen LogP contribution in [0.3, 0.4) is 0 Å². The van der Waals surface area contributed by atoms with Crippen molar-refractivity contribution in [3.05, 3.63) is 46.2 Å². The van der Waals surface area contributed by atoms with Crippen molar-refractivity contribution in [1.29, 1.82) is 0 Å². The highest BCUT2D eigenvalue weighted by Gasteiger charge is 2.46. The summed E-state index contributed by atoms with van der Waals surface area (Å²) in [6.07, 6.45) is 1.83. The van der Waals surface area contributed by atoms with Crippen molar-refractivity contribution in [3.8, 4) is 11.5 Å². The third kappa shape index (κ3) is 3.74. The van der Waals surface area contributed by atoms with Crippen molar-refractivity contribution in [1.82, 2.24) is 10.3 Å². The molecule has 1 aromatic carbocycles. The van der Waals surface area contributed by atoms with Crippen LogP contribution in [0.1, 0.15) is 35.5 Å². The van der Waals surface area contributed by atoms with Crippen molar-refractivity contribution in [3.63, 3.8) is 0 Å². The lowest BCUT2D eigenvalue weighted by molar-refractivity contribution is -0.130. The number of imide groups is 1. The zero-order valence-corrected chi connectivity index (χ0v) is 16.4. The molecule has 1 aliphatic rings. The van der Waals surface area contributed by atoms with Gasteiger partial charge in [0.25, 0.3) is 5.91 Å². The molecule has 2 heterocycles. The minimum atomic E-state index is -0.952. The summed E-state index contributed by atoms with van der Waals surface area (Å²) >= 11 is 1.28. The topological polar surface area (TPSA) is 97.3 Å². The number of benzene rings is 1. The molecule has 1 saturated heterocycles. The van der Waals surface area contributed by atoms with Crippen LogP contribution in [-0.2, 0) is 4.79 Å². The predicted octanol–water partition coefficient (Wildman–Crippen LogP) is 3.03. The van der Waals surface area contributed by atoms with Crippen molar-refractivity contribution >= 4 is 35.5 Å². The van der Waals surface area contributed by atoms with Crippen molar-refractivity contribution in [2.45, 2.75) is 25.8 Å². The van der Waals surface area contributed by atoms with Crippen LogP contribution < -0.4 is 14.8 Å². The molecule has 1 unspecified atom stereocenters. The molecule has 3 amide bonds. The second-order valence-corrected chi connectivity index (χ2v) is 7.20. The van der Waals surface area contributed by atoms with E-state index < -0.39 is 23.4 Å². The number of hydrogen-bond acceptors (Lipinski definition) is 7. The predicted molar refractivity (Wildman–Crippen MR) is 104 cm³/mol. The van der Waals surface area contributed by atoms with Crippen LogP contribution in [0.15, 0.2) is 40.8 Å². The molecule has 0 spiro atoms. The molecule has 0 radical (unpaired) electrons. The minimum absolute atomic E-state index is 0.256. The van der Waals surface area contributed by atoms with Crippen LogP contribution in [0.25, 0.3) is 0 Å². The minimum Gasteiger partial charge on any atom is -0.493 e. The van der Waals surface area contributed by atoms with Crippen molar-refractivity contribution in [2.24, 2.45) is 5.10 Å². The van der Waals surface area contributed by atoms with Gasteiger partial charge in [0.05, 0.1) is 13.3 Å². The Morgan fingerprint density at radius 2 is 2.11 bits per heavy atom. The van der Waals surface area contributed by atoms with E-state index in [-0.39, 0.29) is 5.75 Å². The number of carbonyl (C=O) groups excluding carboxylic acids is 3. The molecule has 9 heteroatoms. The zero-order chi connectivity index (χ0) is 20.3. The number of carbonyl (C=O) groups is 3. The molecule has 0 aliphatic carbocycles. The lowest BCUT2D eigenvalue weighted by atomic mass is 10.00. The quantitative estimate of drug-likeness (QED) is 0.347. The summed E-state index contributed by atoms with van der Waals surface area (Å²) in [5.41, 5.74) is -0.384. The second kappa shape index (κ2) is 7.81. The SMILES string of the molecule is CCC1(C)NC(=O)N(N=Cc2ccc(OC(=O)c3cccs3)c(OC)c2)C1=O. The fourth-order valence-electron chi connectivity index (χ4n) is 2.53. The number of urea groups is 1. The number of amides is 3. The molecule has 2 aromatic rings. The van der Waals surface area contributed by atoms with Crippen LogP contribution in [0.5, 0.6) is 11.5 Å². The third-order valence-electron chi connectivity index (χ3n) is 4.38. The molecule has 1 atom stereocenters. The van der Waals surface area contributed by atoms with Crippen molar-refractivity contribution in [2.75, 3.05) is 7.11 Å². The Labute approximate surface area is 165 Å². The number of rotatable bonds is 6. The number of hydrogen-bond donors (Lipinski definition) is 1. The molecular weight excluding hydrogens is 382 g/mol. The summed E-state index contributed by atoms with van der Waals surface area (Å²) in [7, 11) is 1.45. The molecular formula is C19H19N3O5S. The molecule has 1 aliphatic heterocycles. The third-order valence-corrected chi connectivity index (χ3v) is 5.23. The van der Waals surface area contributed by atoms with E-state index >= 15 is 0 Å². The molecule has 28 heavy (non-hydrogen) atoms. The van der Waals surface area contributed by atoms with Crippen LogP contribution in [0, 0.1) is 0 Å². The number of methoxy groups -OCH3 is 1. The van der Waals surface area contributed by atoms with Gasteiger partial charge in [-0.25, -0.2) is 9.59 Å². The van der Waals surface area contributed by atoms with E-state index in [0.717, 1.165) is 5.01 Å². The van der Waals surface area contributed by atoms with E-state index in [1.807, 2.05) is 6.92 Å². The van der Waals surface area contributed by atoms with E-state index in [1.54, 1.807) is 42.6 Å². The van der Waals surface area contributed by atoms with Gasteiger partial charge in [-0.1, -0.05) is 13.0 Å². The number of hydrazone groups is 1. The van der Waals surface area contributed by atoms with Crippen LogP contribution in [0.4, 0.5) is 4.79 Å². The van der Waals surface area contributed by atoms with Crippen LogP contribution >= 0.6 is 11.3 Å². The van der Waals surface area contributed by atoms with Gasteiger partial charge in [0, 0.05) is 0 Å². The normalized spacial score (nSPS) is 19.2. The van der Waals surface area contributed by atoms with E-state index in [0.29, 0.717) is 22.6 Å². The van der Waals surface area contributed by atoms with Gasteiger partial charge in [-0.15, -0.1) is 16.3 Å². The average Bonchev–Trinajstić information content (AvgIpc) is 3.29. The smallest absolute Gasteiger partial charge is 0.353 e. The average molecular weight is 401 g/mol. The summed E-state index contributed by atoms with van der Waals surface area (Å²) in [4.78, 5) is 36.9. The molecule has 3 rings (SSSR count). The highest BCUT2D eigenvalue weighted by Crippen LogP contribution is 2.29. The van der Waals surface area contributed by atoms with E-state index in [2.05, 4.69) is 10.4 Å². The number of ether oxygens (including phenoxy) is 2. The van der Waals surface area contributed by atoms with E-state index in [1.165, 1.54) is 24.7 Å². The maximum atomic E-state index is 12.3. The van der Waals surface area contributed by atoms with Gasteiger partial charge < -0.3 is 14.8 Å². The summed E-state index contributed by atoms with van der Waals surface area (Å²) < 4.78 is 10.6. The lowest BCUT2D eigenvalue weighted by Crippen LogP contribution is -2.42. The number of esters is 1. The highest BCUT2D eigenvalue weighted by atomic mass is 32.1. The fraction of sp³-hybridized carbons (Fsp3) is 0.263. The number of nitrogens with one attached hydrogen (secondary N) is 1. The monoisotopic (exact) mass is 401 g/mol. The molecule has 1 N–H and O–H groups in total. The first-order valence-corrected chi connectivity index (χ1v) is 9.40. The maximum Gasteiger partial charge on any atom is 0.353 e. The first kappa shape index (κ1) is 19.6. The van der Waals surface area contributed by atoms with Gasteiger partial charge in [0.1, 0.15) is 10.4 Å². The van der Waals surface area contributed by atoms with Gasteiger partial charge in [-0.3, -0.25) is 4.79 Å². The van der Waals surface area contributed by atoms with Gasteiger partial charge in [-0.05, 0) is 48.6 Å². The first-order chi connectivity index (χ1) is 13.4. The lowest BCUT2D eigenvalue weighted by Gasteiger charge is -2.17. The first-order valence-electron chi connectivity index (χ1n) is 8.52. The van der Waals surface area contributed by atoms with Gasteiger partial charge in [0.2, 0.25) is 0 Å². The summed E-state index contributed by atoms with van der Waals surface area (Å²) in [5.74, 6) is -0.311. The Hall–Kier alpha value is -3.20. The Bertz CT molecular complexity index is 941. The molecule has 1 aromatic heterocycles. The molecule has 1 fully saturated rings. The highest BCUT2D eigenvalue weighted by molar-refractivity contribution is 7.12. The van der Waals surface area contributed by atoms with Gasteiger partial charge >= 0.3 is 12.0 Å². The summed E-state index contributed by atoms with van der Waals surface area (Å²) in [6, 6.07) is 7.66. The fourth-order valence-corrected chi connectivity index (χ4v) is 3.13. The Kier molecular flexibility index (Phi) is 5.46. The van der Waals surface area contributed by atoms with Crippen LogP contribution in [-0.4, -0.2) is 41.8 Å². The Morgan fingerprint density at radius 1 is 1.32 bits per heavy atom. The maximum absolute atomic E-state index is 12.3. The second-order valence-electron chi connectivity index (χ2n) is 6.25. The van der Waals surface area contributed by atoms with E-state index in [9.17, 15) is 14.4 Å². The van der Waals surface area contributed by atoms with E-state index in [4.69, 9.17) is 9.47 Å². The Morgan fingerprint density at radius 3 is 2.71 bits per heavy atom. The Balaban J connectivity index is 1.77. The zero-order valence-electron chi connectivity index (χ0n) is 15.6. The van der Waals surface area contributed by atoms with Gasteiger partial charge in [-0.2, -0.15) is 5.10 Å². The molecule has 0 saturated carbocycles. The molecule has 146 valence electrons. The largest absolute Gasteiger partial charge is 0.493 e. The van der Waals surface area contributed by atoms with Gasteiger partial charge in [0.15, 0.2) is 11.5 Å². The standard InChI is InChI=1S/C19H19N3O5S/c1-4-19(2)17(24)22(18(25)21-19)20-11-12-7-8-13(14(10-12)26-3)27-16(23)15-6-5-9-28-15/h5-11H,4H2,1-3H3,(H,21,25). The molecule has 8 nitrogen and oxygen atoms in total. The number of thiophene rings is 1. The van der Waals surface area contributed by atoms with Crippen LogP contribution in [0.2, 0.25) is 0 Å². The summed E-state index contributed by atoms with van der Waals surface area (Å²) in [5, 5.41) is 9.21. The van der Waals surface area contributed by atoms with Crippen molar-refractivity contribution < 1.29 is 23.9 Å². The molecule has 0 bridgehead atoms. The summed E-state index contributed by atoms with van der Waals surface area (Å²) in [6.45, 7) is 3.47. The number of nitrogens with zero attached hydrogens (tertiary/aromatic N) is 2.